The van der Waals surface area contributed by atoms with E-state index in [9.17, 15) is 9.59 Å². The Kier molecular flexibility index (Phi) is 7.26. The number of para-hydroxylation sites is 1. The van der Waals surface area contributed by atoms with Gasteiger partial charge in [0.1, 0.15) is 5.58 Å². The van der Waals surface area contributed by atoms with Crippen molar-refractivity contribution in [1.82, 2.24) is 0 Å². The van der Waals surface area contributed by atoms with Crippen LogP contribution < -0.4 is 15.4 Å². The topological polar surface area (TPSA) is 80.6 Å². The van der Waals surface area contributed by atoms with E-state index < -0.39 is 5.91 Å². The number of amides is 2. The van der Waals surface area contributed by atoms with Crippen molar-refractivity contribution in [1.29, 1.82) is 0 Å². The van der Waals surface area contributed by atoms with Gasteiger partial charge in [0.05, 0.1) is 10.0 Å². The SMILES string of the molecule is Cc1cc(NC(=O)COc2c(Cl)c(C)c(Cl)c(C)c2Cl)ccc1NC(=O)c1cc2ccccc2o1. The molecular formula is C26H21Cl3N2O4. The number of aryl methyl sites for hydroxylation is 1. The molecule has 3 aromatic carbocycles. The third-order valence-electron chi connectivity index (χ3n) is 5.47. The van der Waals surface area contributed by atoms with Gasteiger partial charge in [-0.3, -0.25) is 9.59 Å². The minimum Gasteiger partial charge on any atom is -0.481 e. The van der Waals surface area contributed by atoms with Crippen LogP contribution in [-0.2, 0) is 4.79 Å². The van der Waals surface area contributed by atoms with Gasteiger partial charge in [0.25, 0.3) is 11.8 Å². The van der Waals surface area contributed by atoms with Crippen molar-refractivity contribution in [2.45, 2.75) is 20.8 Å². The van der Waals surface area contributed by atoms with E-state index >= 15 is 0 Å². The van der Waals surface area contributed by atoms with Crippen LogP contribution in [-0.4, -0.2) is 18.4 Å². The quantitative estimate of drug-likeness (QED) is 0.269. The molecule has 0 unspecified atom stereocenters. The number of carbonyl (C=O) groups excluding carboxylic acids is 2. The van der Waals surface area contributed by atoms with Crippen LogP contribution >= 0.6 is 34.8 Å². The van der Waals surface area contributed by atoms with E-state index in [4.69, 9.17) is 44.0 Å². The Labute approximate surface area is 217 Å². The van der Waals surface area contributed by atoms with Gasteiger partial charge in [0.2, 0.25) is 0 Å². The predicted octanol–water partition coefficient (Wildman–Crippen LogP) is 7.59. The summed E-state index contributed by atoms with van der Waals surface area (Å²) in [6, 6.07) is 14.2. The molecule has 0 radical (unpaired) electrons. The first kappa shape index (κ1) is 24.9. The van der Waals surface area contributed by atoms with Crippen LogP contribution in [0.15, 0.2) is 52.9 Å². The standard InChI is InChI=1S/C26H21Cl3N2O4/c1-13-10-17(30-21(32)12-34-25-23(28)14(2)22(27)15(3)24(25)29)8-9-18(13)31-26(33)20-11-16-6-4-5-7-19(16)35-20/h4-11H,12H2,1-3H3,(H,30,32)(H,31,33). The van der Waals surface area contributed by atoms with Crippen molar-refractivity contribution >= 4 is 69.0 Å². The monoisotopic (exact) mass is 530 g/mol. The van der Waals surface area contributed by atoms with Crippen molar-refractivity contribution in [3.05, 3.63) is 86.0 Å². The molecule has 0 bridgehead atoms. The number of fused-ring (bicyclic) bond motifs is 1. The maximum atomic E-state index is 12.6. The highest BCUT2D eigenvalue weighted by Crippen LogP contribution is 2.42. The zero-order chi connectivity index (χ0) is 25.3. The van der Waals surface area contributed by atoms with E-state index in [0.717, 1.165) is 10.9 Å². The molecule has 0 aliphatic heterocycles. The molecular weight excluding hydrogens is 511 g/mol. The Hall–Kier alpha value is -3.19. The summed E-state index contributed by atoms with van der Waals surface area (Å²) in [6.07, 6.45) is 0. The molecule has 35 heavy (non-hydrogen) atoms. The van der Waals surface area contributed by atoms with E-state index in [0.29, 0.717) is 33.1 Å². The maximum absolute atomic E-state index is 12.6. The Morgan fingerprint density at radius 2 is 1.57 bits per heavy atom. The van der Waals surface area contributed by atoms with Crippen LogP contribution in [0.5, 0.6) is 5.75 Å². The van der Waals surface area contributed by atoms with Gasteiger partial charge in [-0.1, -0.05) is 53.0 Å². The molecule has 9 heteroatoms. The summed E-state index contributed by atoms with van der Waals surface area (Å²) in [5.74, 6) is -0.342. The highest BCUT2D eigenvalue weighted by Gasteiger charge is 2.19. The van der Waals surface area contributed by atoms with Gasteiger partial charge in [0, 0.05) is 21.8 Å². The number of anilines is 2. The van der Waals surface area contributed by atoms with Crippen molar-refractivity contribution in [3.8, 4) is 5.75 Å². The van der Waals surface area contributed by atoms with E-state index in [1.165, 1.54) is 0 Å². The second-order valence-electron chi connectivity index (χ2n) is 7.99. The second kappa shape index (κ2) is 10.2. The van der Waals surface area contributed by atoms with Gasteiger partial charge in [0.15, 0.2) is 18.1 Å². The average Bonchev–Trinajstić information content (AvgIpc) is 3.28. The Balaban J connectivity index is 1.40. The normalized spacial score (nSPS) is 10.9. The Morgan fingerprint density at radius 3 is 2.23 bits per heavy atom. The summed E-state index contributed by atoms with van der Waals surface area (Å²) in [6.45, 7) is 5.01. The number of carbonyl (C=O) groups is 2. The van der Waals surface area contributed by atoms with Gasteiger partial charge in [-0.2, -0.15) is 0 Å². The highest BCUT2D eigenvalue weighted by atomic mass is 35.5. The molecule has 2 N–H and O–H groups in total. The van der Waals surface area contributed by atoms with E-state index in [2.05, 4.69) is 10.6 Å². The largest absolute Gasteiger partial charge is 0.481 e. The first-order valence-corrected chi connectivity index (χ1v) is 11.8. The minimum atomic E-state index is -0.402. The zero-order valence-corrected chi connectivity index (χ0v) is 21.4. The number of furan rings is 1. The average molecular weight is 532 g/mol. The molecule has 2 amide bonds. The summed E-state index contributed by atoms with van der Waals surface area (Å²) in [4.78, 5) is 25.1. The molecule has 0 aliphatic carbocycles. The third-order valence-corrected chi connectivity index (χ3v) is 6.95. The van der Waals surface area contributed by atoms with Crippen LogP contribution in [0.2, 0.25) is 15.1 Å². The fraction of sp³-hybridized carbons (Fsp3) is 0.154. The molecule has 0 saturated heterocycles. The fourth-order valence-electron chi connectivity index (χ4n) is 3.53. The van der Waals surface area contributed by atoms with Crippen LogP contribution in [0, 0.1) is 20.8 Å². The van der Waals surface area contributed by atoms with E-state index in [1.807, 2.05) is 25.1 Å². The van der Waals surface area contributed by atoms with E-state index in [1.54, 1.807) is 44.2 Å². The van der Waals surface area contributed by atoms with Crippen molar-refractivity contribution < 1.29 is 18.7 Å². The third kappa shape index (κ3) is 5.25. The lowest BCUT2D eigenvalue weighted by molar-refractivity contribution is -0.118. The molecule has 1 heterocycles. The van der Waals surface area contributed by atoms with Crippen LogP contribution in [0.4, 0.5) is 11.4 Å². The van der Waals surface area contributed by atoms with E-state index in [-0.39, 0.29) is 34.1 Å². The predicted molar refractivity (Wildman–Crippen MR) is 140 cm³/mol. The van der Waals surface area contributed by atoms with Crippen molar-refractivity contribution in [2.75, 3.05) is 17.2 Å². The smallest absolute Gasteiger partial charge is 0.291 e. The zero-order valence-electron chi connectivity index (χ0n) is 19.1. The van der Waals surface area contributed by atoms with Gasteiger partial charge in [-0.05, 0) is 67.8 Å². The van der Waals surface area contributed by atoms with Crippen molar-refractivity contribution in [3.63, 3.8) is 0 Å². The molecule has 1 aromatic heterocycles. The highest BCUT2D eigenvalue weighted by molar-refractivity contribution is 6.42. The lowest BCUT2D eigenvalue weighted by atomic mass is 10.1. The minimum absolute atomic E-state index is 0.211. The van der Waals surface area contributed by atoms with Crippen LogP contribution in [0.3, 0.4) is 0 Å². The first-order chi connectivity index (χ1) is 16.7. The summed E-state index contributed by atoms with van der Waals surface area (Å²) in [7, 11) is 0. The van der Waals surface area contributed by atoms with Crippen LogP contribution in [0.1, 0.15) is 27.2 Å². The second-order valence-corrected chi connectivity index (χ2v) is 9.12. The summed E-state index contributed by atoms with van der Waals surface area (Å²) in [5, 5.41) is 7.42. The Morgan fingerprint density at radius 1 is 0.886 bits per heavy atom. The fourth-order valence-corrected chi connectivity index (χ4v) is 4.35. The molecule has 0 fully saturated rings. The number of ether oxygens (including phenoxy) is 1. The molecule has 0 aliphatic rings. The molecule has 0 spiro atoms. The Bertz CT molecular complexity index is 1400. The number of nitrogens with one attached hydrogen (secondary N) is 2. The molecule has 4 aromatic rings. The molecule has 6 nitrogen and oxygen atoms in total. The number of hydrogen-bond donors (Lipinski definition) is 2. The summed E-state index contributed by atoms with van der Waals surface area (Å²) >= 11 is 18.8. The van der Waals surface area contributed by atoms with Gasteiger partial charge in [-0.25, -0.2) is 0 Å². The van der Waals surface area contributed by atoms with Crippen molar-refractivity contribution in [2.24, 2.45) is 0 Å². The molecule has 180 valence electrons. The number of rotatable bonds is 6. The summed E-state index contributed by atoms with van der Waals surface area (Å²) < 4.78 is 11.2. The lowest BCUT2D eigenvalue weighted by Gasteiger charge is -2.15. The number of benzene rings is 3. The molecule has 0 saturated carbocycles. The maximum Gasteiger partial charge on any atom is 0.291 e. The lowest BCUT2D eigenvalue weighted by Crippen LogP contribution is -2.20. The number of hydrogen-bond acceptors (Lipinski definition) is 4. The number of halogens is 3. The van der Waals surface area contributed by atoms with Gasteiger partial charge >= 0.3 is 0 Å². The molecule has 0 atom stereocenters. The van der Waals surface area contributed by atoms with Crippen LogP contribution in [0.25, 0.3) is 11.0 Å². The van der Waals surface area contributed by atoms with Gasteiger partial charge < -0.3 is 19.8 Å². The summed E-state index contributed by atoms with van der Waals surface area (Å²) in [5.41, 5.74) is 3.78. The van der Waals surface area contributed by atoms with Gasteiger partial charge in [-0.15, -0.1) is 0 Å². The molecule has 4 rings (SSSR count). The first-order valence-electron chi connectivity index (χ1n) is 10.6.